The topological polar surface area (TPSA) is 80.4 Å². The predicted octanol–water partition coefficient (Wildman–Crippen LogP) is 2.09. The molecule has 102 valence electrons. The maximum absolute atomic E-state index is 12.4. The lowest BCUT2D eigenvalue weighted by molar-refractivity contribution is -0.557. The van der Waals surface area contributed by atoms with Crippen molar-refractivity contribution in [1.29, 1.82) is 0 Å². The Hall–Kier alpha value is -0.970. The molecule has 0 spiro atoms. The number of aliphatic hydroxyl groups excluding tert-OH is 1. The van der Waals surface area contributed by atoms with E-state index >= 15 is 0 Å². The van der Waals surface area contributed by atoms with E-state index in [1.807, 2.05) is 0 Å². The van der Waals surface area contributed by atoms with Gasteiger partial charge in [0.1, 0.15) is 0 Å². The van der Waals surface area contributed by atoms with Gasteiger partial charge in [0.15, 0.2) is 0 Å². The molecule has 0 unspecified atom stereocenters. The molecule has 0 aromatic rings. The molecule has 0 aromatic heterocycles. The van der Waals surface area contributed by atoms with Crippen molar-refractivity contribution in [3.63, 3.8) is 0 Å². The summed E-state index contributed by atoms with van der Waals surface area (Å²) in [4.78, 5) is 23.4. The average Bonchev–Trinajstić information content (AvgIpc) is 2.33. The fourth-order valence-electron chi connectivity index (χ4n) is 3.39. The number of nitrogens with zero attached hydrogens (tertiary/aromatic N) is 1. The Labute approximate surface area is 107 Å². The van der Waals surface area contributed by atoms with E-state index in [1.165, 1.54) is 0 Å². The first-order chi connectivity index (χ1) is 8.58. The molecule has 0 aromatic carbocycles. The summed E-state index contributed by atoms with van der Waals surface area (Å²) in [5, 5.41) is 21.3. The number of hydrogen-bond donors (Lipinski definition) is 1. The van der Waals surface area contributed by atoms with Gasteiger partial charge in [-0.25, -0.2) is 0 Å². The van der Waals surface area contributed by atoms with E-state index in [-0.39, 0.29) is 17.1 Å². The van der Waals surface area contributed by atoms with Crippen LogP contribution in [0, 0.1) is 16.0 Å². The highest BCUT2D eigenvalue weighted by atomic mass is 16.6. The summed E-state index contributed by atoms with van der Waals surface area (Å²) in [7, 11) is 0. The smallest absolute Gasteiger partial charge is 0.279 e. The molecule has 2 bridgehead atoms. The largest absolute Gasteiger partial charge is 0.392 e. The minimum atomic E-state index is -1.40. The molecule has 2 aliphatic rings. The summed E-state index contributed by atoms with van der Waals surface area (Å²) in [5.41, 5.74) is -1.40. The van der Waals surface area contributed by atoms with Crippen LogP contribution >= 0.6 is 0 Å². The van der Waals surface area contributed by atoms with Gasteiger partial charge in [0.25, 0.3) is 5.54 Å². The van der Waals surface area contributed by atoms with Crippen LogP contribution in [0.25, 0.3) is 0 Å². The molecule has 5 nitrogen and oxygen atoms in total. The third-order valence-electron chi connectivity index (χ3n) is 4.57. The van der Waals surface area contributed by atoms with Crippen molar-refractivity contribution in [3.8, 4) is 0 Å². The highest BCUT2D eigenvalue weighted by molar-refractivity contribution is 5.90. The van der Waals surface area contributed by atoms with E-state index in [2.05, 4.69) is 0 Å². The van der Waals surface area contributed by atoms with Crippen molar-refractivity contribution >= 4 is 5.78 Å². The van der Waals surface area contributed by atoms with Crippen LogP contribution in [0.2, 0.25) is 0 Å². The SMILES string of the molecule is O=C1[C@H]2CCCCCCC[C@@]1([N+](=O)[O-])CC[C@@H]2O. The Morgan fingerprint density at radius 1 is 1.11 bits per heavy atom. The third kappa shape index (κ3) is 2.28. The fourth-order valence-corrected chi connectivity index (χ4v) is 3.39. The molecular formula is C13H21NO4. The summed E-state index contributed by atoms with van der Waals surface area (Å²) in [5.74, 6) is -0.824. The molecule has 0 radical (unpaired) electrons. The zero-order chi connectivity index (χ0) is 13.2. The van der Waals surface area contributed by atoms with E-state index < -0.39 is 17.6 Å². The minimum Gasteiger partial charge on any atom is -0.392 e. The number of hydrogen-bond acceptors (Lipinski definition) is 4. The third-order valence-corrected chi connectivity index (χ3v) is 4.57. The first-order valence-corrected chi connectivity index (χ1v) is 6.95. The standard InChI is InChI=1S/C13H21NO4/c15-11-7-9-13(14(17)18)8-5-3-1-2-4-6-10(11)12(13)16/h10-11,15H,1-9H2/t10-,11-,13+/m0/s1. The van der Waals surface area contributed by atoms with Gasteiger partial charge in [0.2, 0.25) is 5.78 Å². The number of ketones is 1. The Balaban J connectivity index is 2.27. The second-order valence-electron chi connectivity index (χ2n) is 5.67. The Kier molecular flexibility index (Phi) is 4.00. The first kappa shape index (κ1) is 13.5. The summed E-state index contributed by atoms with van der Waals surface area (Å²) in [6.07, 6.45) is 5.61. The molecule has 0 aliphatic heterocycles. The Bertz CT molecular complexity index is 344. The van der Waals surface area contributed by atoms with Gasteiger partial charge in [-0.15, -0.1) is 0 Å². The molecule has 3 atom stereocenters. The van der Waals surface area contributed by atoms with E-state index in [4.69, 9.17) is 0 Å². The van der Waals surface area contributed by atoms with Crippen LogP contribution in [-0.2, 0) is 4.79 Å². The molecule has 5 heteroatoms. The van der Waals surface area contributed by atoms with Crippen molar-refractivity contribution < 1.29 is 14.8 Å². The molecule has 2 saturated carbocycles. The van der Waals surface area contributed by atoms with Gasteiger partial charge in [-0.05, 0) is 19.3 Å². The van der Waals surface area contributed by atoms with Crippen LogP contribution in [-0.4, -0.2) is 27.5 Å². The van der Waals surface area contributed by atoms with Gasteiger partial charge in [-0.2, -0.15) is 0 Å². The van der Waals surface area contributed by atoms with Gasteiger partial charge < -0.3 is 5.11 Å². The van der Waals surface area contributed by atoms with Crippen LogP contribution in [0.3, 0.4) is 0 Å². The first-order valence-electron chi connectivity index (χ1n) is 6.95. The Morgan fingerprint density at radius 3 is 2.50 bits per heavy atom. The second kappa shape index (κ2) is 5.34. The van der Waals surface area contributed by atoms with Gasteiger partial charge in [-0.1, -0.05) is 25.7 Å². The highest BCUT2D eigenvalue weighted by Gasteiger charge is 2.56. The van der Waals surface area contributed by atoms with Crippen LogP contribution < -0.4 is 0 Å². The monoisotopic (exact) mass is 255 g/mol. The van der Waals surface area contributed by atoms with E-state index in [9.17, 15) is 20.0 Å². The lowest BCUT2D eigenvalue weighted by atomic mass is 9.69. The number of carbonyl (C=O) groups is 1. The van der Waals surface area contributed by atoms with E-state index in [1.54, 1.807) is 0 Å². The zero-order valence-electron chi connectivity index (χ0n) is 10.6. The lowest BCUT2D eigenvalue weighted by Gasteiger charge is -2.36. The van der Waals surface area contributed by atoms with Crippen LogP contribution in [0.4, 0.5) is 0 Å². The molecule has 18 heavy (non-hydrogen) atoms. The second-order valence-corrected chi connectivity index (χ2v) is 5.67. The van der Waals surface area contributed by atoms with Gasteiger partial charge in [-0.3, -0.25) is 14.9 Å². The molecule has 0 saturated heterocycles. The van der Waals surface area contributed by atoms with Crippen molar-refractivity contribution in [3.05, 3.63) is 10.1 Å². The molecule has 2 fully saturated rings. The van der Waals surface area contributed by atoms with Crippen molar-refractivity contribution in [2.24, 2.45) is 5.92 Å². The molecule has 2 aliphatic carbocycles. The maximum Gasteiger partial charge on any atom is 0.279 e. The number of aliphatic hydroxyl groups is 1. The molecule has 2 rings (SSSR count). The molecule has 0 heterocycles. The fraction of sp³-hybridized carbons (Fsp3) is 0.923. The van der Waals surface area contributed by atoms with Crippen LogP contribution in [0.15, 0.2) is 0 Å². The normalized spacial score (nSPS) is 38.2. The van der Waals surface area contributed by atoms with E-state index in [0.717, 1.165) is 32.1 Å². The molecular weight excluding hydrogens is 234 g/mol. The van der Waals surface area contributed by atoms with Crippen molar-refractivity contribution in [1.82, 2.24) is 0 Å². The molecule has 1 N–H and O–H groups in total. The number of carbonyl (C=O) groups excluding carboxylic acids is 1. The predicted molar refractivity (Wildman–Crippen MR) is 65.8 cm³/mol. The van der Waals surface area contributed by atoms with Crippen molar-refractivity contribution in [2.45, 2.75) is 69.4 Å². The quantitative estimate of drug-likeness (QED) is 0.574. The summed E-state index contributed by atoms with van der Waals surface area (Å²) < 4.78 is 0. The number of rotatable bonds is 1. The van der Waals surface area contributed by atoms with Crippen LogP contribution in [0.5, 0.6) is 0 Å². The molecule has 0 amide bonds. The number of nitro groups is 1. The summed E-state index contributed by atoms with van der Waals surface area (Å²) in [6, 6.07) is 0. The maximum atomic E-state index is 12.4. The van der Waals surface area contributed by atoms with Crippen molar-refractivity contribution in [2.75, 3.05) is 0 Å². The number of Topliss-reactive ketones (excluding diaryl/α,β-unsaturated/α-hetero) is 1. The number of fused-ring (bicyclic) bond motifs is 2. The van der Waals surface area contributed by atoms with Crippen LogP contribution in [0.1, 0.15) is 57.8 Å². The lowest BCUT2D eigenvalue weighted by Crippen LogP contribution is -2.55. The van der Waals surface area contributed by atoms with Gasteiger partial charge in [0, 0.05) is 17.8 Å². The van der Waals surface area contributed by atoms with Gasteiger partial charge >= 0.3 is 0 Å². The summed E-state index contributed by atoms with van der Waals surface area (Å²) in [6.45, 7) is 0. The Morgan fingerprint density at radius 2 is 1.78 bits per heavy atom. The van der Waals surface area contributed by atoms with Gasteiger partial charge in [0.05, 0.1) is 12.0 Å². The average molecular weight is 255 g/mol. The zero-order valence-corrected chi connectivity index (χ0v) is 10.6. The highest BCUT2D eigenvalue weighted by Crippen LogP contribution is 2.38. The summed E-state index contributed by atoms with van der Waals surface area (Å²) >= 11 is 0. The minimum absolute atomic E-state index is 0.205. The van der Waals surface area contributed by atoms with E-state index in [0.29, 0.717) is 19.3 Å².